The zero-order valence-corrected chi connectivity index (χ0v) is 42.5. The Morgan fingerprint density at radius 3 is 1.52 bits per heavy atom. The fourth-order valence-corrected chi connectivity index (χ4v) is 20.2. The van der Waals surface area contributed by atoms with E-state index in [2.05, 4.69) is 133 Å². The van der Waals surface area contributed by atoms with Gasteiger partial charge in [-0.1, -0.05) is 62.4 Å². The molecule has 9 nitrogen and oxygen atoms in total. The Morgan fingerprint density at radius 1 is 0.574 bits per heavy atom. The Labute approximate surface area is 366 Å². The normalized spacial score (nSPS) is 15.5. The third kappa shape index (κ3) is 8.76. The smallest absolute Gasteiger partial charge is 0.497 e. The van der Waals surface area contributed by atoms with Crippen LogP contribution in [0.1, 0.15) is 47.2 Å². The summed E-state index contributed by atoms with van der Waals surface area (Å²) in [6.45, 7) is 24.4. The summed E-state index contributed by atoms with van der Waals surface area (Å²) in [6.07, 6.45) is 4.43. The second-order valence-corrected chi connectivity index (χ2v) is 35.7. The van der Waals surface area contributed by atoms with Crippen molar-refractivity contribution in [2.75, 3.05) is 28.4 Å². The number of hydrogen-bond acceptors (Lipinski definition) is 9. The van der Waals surface area contributed by atoms with Crippen LogP contribution in [-0.4, -0.2) is 62.4 Å². The molecule has 1 heterocycles. The molecule has 13 heteroatoms. The van der Waals surface area contributed by atoms with Crippen molar-refractivity contribution in [1.29, 1.82) is 0 Å². The summed E-state index contributed by atoms with van der Waals surface area (Å²) in [4.78, 5) is 0. The van der Waals surface area contributed by atoms with Crippen LogP contribution in [0.15, 0.2) is 84.9 Å². The number of methoxy groups -OCH3 is 4. The lowest BCUT2D eigenvalue weighted by molar-refractivity contribution is 0.0761. The van der Waals surface area contributed by atoms with Gasteiger partial charge in [-0.25, -0.2) is 0 Å². The van der Waals surface area contributed by atoms with Gasteiger partial charge in [-0.05, 0) is 135 Å². The maximum Gasteiger partial charge on any atom is 0.647 e. The molecule has 0 unspecified atom stereocenters. The first-order chi connectivity index (χ1) is 28.6. The molecule has 0 saturated carbocycles. The van der Waals surface area contributed by atoms with Crippen molar-refractivity contribution >= 4 is 50.8 Å². The monoisotopic (exact) mass is 894 g/mol. The predicted octanol–water partition coefficient (Wildman–Crippen LogP) is 12.0. The van der Waals surface area contributed by atoms with Gasteiger partial charge in [0.1, 0.15) is 17.2 Å². The average Bonchev–Trinajstić information content (AvgIpc) is 3.43. The average molecular weight is 895 g/mol. The van der Waals surface area contributed by atoms with Gasteiger partial charge in [0.15, 0.2) is 42.1 Å². The van der Waals surface area contributed by atoms with E-state index in [1.807, 2.05) is 30.3 Å². The van der Waals surface area contributed by atoms with E-state index in [9.17, 15) is 0 Å². The highest BCUT2D eigenvalue weighted by molar-refractivity contribution is 6.87. The van der Waals surface area contributed by atoms with Gasteiger partial charge in [-0.3, -0.25) is 0 Å². The first kappa shape index (κ1) is 44.9. The molecule has 0 spiro atoms. The van der Waals surface area contributed by atoms with Crippen LogP contribution < -0.4 is 23.7 Å². The highest BCUT2D eigenvalue weighted by Gasteiger charge is 2.54. The molecule has 7 rings (SSSR count). The molecular formula is C48H62O9Si4. The van der Waals surface area contributed by atoms with Crippen LogP contribution in [0.2, 0.25) is 58.9 Å². The minimum Gasteiger partial charge on any atom is -0.497 e. The van der Waals surface area contributed by atoms with Crippen molar-refractivity contribution in [1.82, 2.24) is 0 Å². The highest BCUT2D eigenvalue weighted by atomic mass is 28.5. The van der Waals surface area contributed by atoms with E-state index in [4.69, 9.17) is 40.5 Å². The molecule has 5 aromatic rings. The lowest BCUT2D eigenvalue weighted by Gasteiger charge is -2.40. The SMILES string of the molecule is COc1ccc(C2(c3ccc(OC)cc3)C=Cc3c4c(c5cc(OC)c(OC)cc5c3O2)-c2ccc(CO[Si](O[Si](C)(C)C)(O[Si](C)(C)C)O[Si](C)(C)C)cc2C4(C)C)cc1. The van der Waals surface area contributed by atoms with Gasteiger partial charge in [0.25, 0.3) is 0 Å². The van der Waals surface area contributed by atoms with Gasteiger partial charge < -0.3 is 40.5 Å². The molecule has 0 aromatic heterocycles. The quantitative estimate of drug-likeness (QED) is 0.0954. The van der Waals surface area contributed by atoms with E-state index in [1.165, 1.54) is 11.1 Å². The third-order valence-electron chi connectivity index (χ3n) is 10.9. The van der Waals surface area contributed by atoms with Crippen molar-refractivity contribution in [3.63, 3.8) is 0 Å². The van der Waals surface area contributed by atoms with E-state index in [0.29, 0.717) is 18.1 Å². The number of fused-ring (bicyclic) bond motifs is 8. The Bertz CT molecular complexity index is 2370. The maximum absolute atomic E-state index is 7.55. The lowest BCUT2D eigenvalue weighted by Crippen LogP contribution is -2.62. The Balaban J connectivity index is 1.41. The summed E-state index contributed by atoms with van der Waals surface area (Å²) in [7, 11) is -3.29. The molecule has 324 valence electrons. The Morgan fingerprint density at radius 2 is 1.07 bits per heavy atom. The fraction of sp³-hybridized carbons (Fsp3) is 0.375. The van der Waals surface area contributed by atoms with Gasteiger partial charge in [0, 0.05) is 27.5 Å². The summed E-state index contributed by atoms with van der Waals surface area (Å²) in [5, 5.41) is 1.93. The molecule has 61 heavy (non-hydrogen) atoms. The van der Waals surface area contributed by atoms with Gasteiger partial charge >= 0.3 is 9.05 Å². The second kappa shape index (κ2) is 16.2. The zero-order valence-electron chi connectivity index (χ0n) is 38.5. The van der Waals surface area contributed by atoms with Crippen LogP contribution in [0.25, 0.3) is 28.0 Å². The summed E-state index contributed by atoms with van der Waals surface area (Å²) in [6, 6.07) is 27.0. The molecule has 2 aliphatic rings. The van der Waals surface area contributed by atoms with Crippen LogP contribution >= 0.6 is 0 Å². The largest absolute Gasteiger partial charge is 0.647 e. The first-order valence-corrected chi connectivity index (χ1v) is 32.7. The summed E-state index contributed by atoms with van der Waals surface area (Å²) in [5.74, 6) is 3.56. The number of hydrogen-bond donors (Lipinski definition) is 0. The maximum atomic E-state index is 7.55. The third-order valence-corrected chi connectivity index (χ3v) is 21.8. The molecule has 5 aromatic carbocycles. The standard InChI is InChI=1S/C48H62O9Si4/c1-47(2)41-28-32(31-53-61(55-58(7,8)9,56-59(10,11)12)57-60(13,14)15)16-25-37(41)44-39-29-42(51-5)43(52-6)30-40(39)46-38(45(44)47)26-27-48(54-46,33-17-21-35(49-3)22-18-33)34-19-23-36(50-4)24-20-34/h16-30H,31H2,1-15H3. The van der Waals surface area contributed by atoms with Crippen molar-refractivity contribution in [2.45, 2.75) is 90.4 Å². The van der Waals surface area contributed by atoms with Gasteiger partial charge in [0.2, 0.25) is 0 Å². The van der Waals surface area contributed by atoms with Crippen LogP contribution in [0.4, 0.5) is 0 Å². The molecule has 0 atom stereocenters. The number of benzene rings is 5. The van der Waals surface area contributed by atoms with E-state index in [-0.39, 0.29) is 0 Å². The van der Waals surface area contributed by atoms with Crippen molar-refractivity contribution in [2.24, 2.45) is 0 Å². The van der Waals surface area contributed by atoms with Gasteiger partial charge in [0.05, 0.1) is 35.0 Å². The summed E-state index contributed by atoms with van der Waals surface area (Å²) < 4.78 is 58.1. The fourth-order valence-electron chi connectivity index (χ4n) is 8.55. The number of ether oxygens (including phenoxy) is 5. The van der Waals surface area contributed by atoms with Crippen LogP contribution in [0, 0.1) is 0 Å². The minimum absolute atomic E-state index is 0.296. The zero-order chi connectivity index (χ0) is 44.3. The minimum atomic E-state index is -3.55. The molecule has 1 aliphatic carbocycles. The second-order valence-electron chi connectivity index (χ2n) is 19.3. The van der Waals surface area contributed by atoms with Crippen LogP contribution in [0.3, 0.4) is 0 Å². The topological polar surface area (TPSA) is 83.1 Å². The van der Waals surface area contributed by atoms with E-state index in [1.54, 1.807) is 28.4 Å². The lowest BCUT2D eigenvalue weighted by atomic mass is 9.76. The Hall–Kier alpha value is -4.19. The molecular weight excluding hydrogens is 833 g/mol. The molecule has 0 bridgehead atoms. The Kier molecular flexibility index (Phi) is 11.9. The summed E-state index contributed by atoms with van der Waals surface area (Å²) >= 11 is 0. The first-order valence-electron chi connectivity index (χ1n) is 20.9. The highest BCUT2D eigenvalue weighted by Crippen LogP contribution is 2.59. The van der Waals surface area contributed by atoms with Crippen molar-refractivity contribution < 1.29 is 40.5 Å². The van der Waals surface area contributed by atoms with E-state index in [0.717, 1.165) is 61.4 Å². The molecule has 0 saturated heterocycles. The molecule has 0 radical (unpaired) electrons. The van der Waals surface area contributed by atoms with Crippen LogP contribution in [-0.2, 0) is 34.4 Å². The molecule has 0 N–H and O–H groups in total. The predicted molar refractivity (Wildman–Crippen MR) is 255 cm³/mol. The summed E-state index contributed by atoms with van der Waals surface area (Å²) in [5.41, 5.74) is 7.21. The van der Waals surface area contributed by atoms with E-state index >= 15 is 0 Å². The number of rotatable bonds is 15. The van der Waals surface area contributed by atoms with Gasteiger partial charge in [-0.2, -0.15) is 0 Å². The van der Waals surface area contributed by atoms with Crippen molar-refractivity contribution in [3.05, 3.63) is 118 Å². The van der Waals surface area contributed by atoms with Crippen molar-refractivity contribution in [3.8, 4) is 39.9 Å². The molecule has 0 fully saturated rings. The van der Waals surface area contributed by atoms with Gasteiger partial charge in [-0.15, -0.1) is 0 Å². The molecule has 0 amide bonds. The van der Waals surface area contributed by atoms with Crippen LogP contribution in [0.5, 0.6) is 28.7 Å². The molecule has 1 aliphatic heterocycles. The van der Waals surface area contributed by atoms with E-state index < -0.39 is 45.0 Å².